The van der Waals surface area contributed by atoms with Crippen LogP contribution in [0.1, 0.15) is 6.42 Å². The first kappa shape index (κ1) is 8.76. The van der Waals surface area contributed by atoms with Crippen molar-refractivity contribution in [2.45, 2.75) is 12.5 Å². The van der Waals surface area contributed by atoms with E-state index in [2.05, 4.69) is 4.74 Å². The minimum Gasteiger partial charge on any atom is -0.462 e. The van der Waals surface area contributed by atoms with E-state index in [4.69, 9.17) is 4.74 Å². The van der Waals surface area contributed by atoms with Crippen LogP contribution < -0.4 is 0 Å². The van der Waals surface area contributed by atoms with Crippen LogP contribution in [-0.4, -0.2) is 29.1 Å². The number of carbonyl (C=O) groups is 2. The normalized spacial score (nSPS) is 23.0. The first-order chi connectivity index (χ1) is 5.22. The molecule has 1 heterocycles. The molecule has 0 saturated carbocycles. The molecule has 0 spiro atoms. The molecule has 62 valence electrons. The van der Waals surface area contributed by atoms with Crippen molar-refractivity contribution < 1.29 is 19.1 Å². The van der Waals surface area contributed by atoms with E-state index in [1.165, 1.54) is 0 Å². The molecule has 1 aliphatic rings. The van der Waals surface area contributed by atoms with Crippen molar-refractivity contribution in [3.05, 3.63) is 0 Å². The maximum Gasteiger partial charge on any atom is 0.316 e. The second-order valence-corrected chi connectivity index (χ2v) is 2.90. The Morgan fingerprint density at radius 2 is 2.55 bits per heavy atom. The van der Waals surface area contributed by atoms with Gasteiger partial charge < -0.3 is 9.47 Å². The summed E-state index contributed by atoms with van der Waals surface area (Å²) in [5, 5.41) is 0. The highest BCUT2D eigenvalue weighted by Gasteiger charge is 2.26. The van der Waals surface area contributed by atoms with Crippen molar-refractivity contribution in [1.29, 1.82) is 0 Å². The van der Waals surface area contributed by atoms with Gasteiger partial charge in [-0.05, 0) is 0 Å². The molecular weight excluding hydrogens is 263 g/mol. The molecule has 11 heavy (non-hydrogen) atoms. The number of halogens is 1. The fourth-order valence-corrected chi connectivity index (χ4v) is 0.963. The highest BCUT2D eigenvalue weighted by Crippen LogP contribution is 2.10. The van der Waals surface area contributed by atoms with Crippen molar-refractivity contribution in [2.24, 2.45) is 0 Å². The first-order valence-corrected chi connectivity index (χ1v) is 4.66. The third-order valence-corrected chi connectivity index (χ3v) is 1.85. The van der Waals surface area contributed by atoms with Gasteiger partial charge in [0.25, 0.3) is 0 Å². The van der Waals surface area contributed by atoms with Crippen LogP contribution in [0.2, 0.25) is 0 Å². The van der Waals surface area contributed by atoms with Crippen LogP contribution in [0.4, 0.5) is 0 Å². The summed E-state index contributed by atoms with van der Waals surface area (Å²) in [6.07, 6.45) is -0.160. The zero-order valence-corrected chi connectivity index (χ0v) is 7.87. The number of hydrogen-bond acceptors (Lipinski definition) is 4. The topological polar surface area (TPSA) is 52.6 Å². The Bertz CT molecular complexity index is 179. The molecule has 1 saturated heterocycles. The molecule has 0 aliphatic carbocycles. The molecule has 4 nitrogen and oxygen atoms in total. The lowest BCUT2D eigenvalue weighted by molar-refractivity contribution is -0.145. The molecule has 0 N–H and O–H groups in total. The molecule has 1 atom stereocenters. The second kappa shape index (κ2) is 3.89. The Labute approximate surface area is 77.4 Å². The van der Waals surface area contributed by atoms with Crippen LogP contribution >= 0.6 is 22.6 Å². The Hall–Kier alpha value is -0.330. The van der Waals surface area contributed by atoms with Gasteiger partial charge in [-0.2, -0.15) is 0 Å². The number of esters is 2. The van der Waals surface area contributed by atoms with Gasteiger partial charge in [-0.15, -0.1) is 0 Å². The van der Waals surface area contributed by atoms with E-state index in [9.17, 15) is 9.59 Å². The lowest BCUT2D eigenvalue weighted by Gasteiger charge is -2.05. The van der Waals surface area contributed by atoms with Crippen molar-refractivity contribution in [3.8, 4) is 0 Å². The van der Waals surface area contributed by atoms with Crippen LogP contribution in [-0.2, 0) is 19.1 Å². The molecule has 0 radical (unpaired) electrons. The lowest BCUT2D eigenvalue weighted by Crippen LogP contribution is -2.18. The Balaban J connectivity index is 2.28. The molecule has 1 fully saturated rings. The van der Waals surface area contributed by atoms with Gasteiger partial charge in [0, 0.05) is 0 Å². The van der Waals surface area contributed by atoms with Gasteiger partial charge >= 0.3 is 11.9 Å². The van der Waals surface area contributed by atoms with Gasteiger partial charge in [0.2, 0.25) is 0 Å². The van der Waals surface area contributed by atoms with E-state index in [0.717, 1.165) is 0 Å². The summed E-state index contributed by atoms with van der Waals surface area (Å²) in [5.41, 5.74) is 0. The quantitative estimate of drug-likeness (QED) is 0.411. The average Bonchev–Trinajstić information content (AvgIpc) is 2.35. The molecule has 5 heteroatoms. The van der Waals surface area contributed by atoms with Gasteiger partial charge in [-0.25, -0.2) is 0 Å². The zero-order valence-electron chi connectivity index (χ0n) is 5.71. The highest BCUT2D eigenvalue weighted by atomic mass is 127. The number of cyclic esters (lactones) is 1. The number of alkyl halides is 1. The van der Waals surface area contributed by atoms with Gasteiger partial charge in [0.1, 0.15) is 12.7 Å². The maximum absolute atomic E-state index is 10.7. The Kier molecular flexibility index (Phi) is 3.10. The van der Waals surface area contributed by atoms with Crippen molar-refractivity contribution in [1.82, 2.24) is 0 Å². The summed E-state index contributed by atoms with van der Waals surface area (Å²) >= 11 is 1.90. The average molecular weight is 270 g/mol. The van der Waals surface area contributed by atoms with Crippen LogP contribution in [0.5, 0.6) is 0 Å². The molecule has 0 aromatic rings. The molecule has 1 unspecified atom stereocenters. The standard InChI is InChI=1S/C6H7IO4/c7-2-6(9)11-4-1-5(8)10-3-4/h4H,1-3H2. The number of carbonyl (C=O) groups excluding carboxylic acids is 2. The molecule has 0 bridgehead atoms. The van der Waals surface area contributed by atoms with Crippen molar-refractivity contribution >= 4 is 34.5 Å². The van der Waals surface area contributed by atoms with Crippen LogP contribution in [0, 0.1) is 0 Å². The van der Waals surface area contributed by atoms with E-state index in [1.54, 1.807) is 0 Å². The molecule has 0 aromatic heterocycles. The smallest absolute Gasteiger partial charge is 0.316 e. The van der Waals surface area contributed by atoms with E-state index in [-0.39, 0.29) is 31.1 Å². The minimum absolute atomic E-state index is 0.197. The second-order valence-electron chi connectivity index (χ2n) is 2.13. The predicted molar refractivity (Wildman–Crippen MR) is 44.3 cm³/mol. The fraction of sp³-hybridized carbons (Fsp3) is 0.667. The SMILES string of the molecule is O=C1CC(OC(=O)CI)CO1. The van der Waals surface area contributed by atoms with E-state index in [1.807, 2.05) is 22.6 Å². The zero-order chi connectivity index (χ0) is 8.27. The van der Waals surface area contributed by atoms with Gasteiger partial charge in [-0.3, -0.25) is 9.59 Å². The number of ether oxygens (including phenoxy) is 2. The minimum atomic E-state index is -0.357. The Morgan fingerprint density at radius 3 is 3.00 bits per heavy atom. The summed E-state index contributed by atoms with van der Waals surface area (Å²) in [4.78, 5) is 21.2. The summed E-state index contributed by atoms with van der Waals surface area (Å²) < 4.78 is 9.74. The molecular formula is C6H7IO4. The maximum atomic E-state index is 10.7. The largest absolute Gasteiger partial charge is 0.462 e. The fourth-order valence-electron chi connectivity index (χ4n) is 0.783. The summed E-state index contributed by atoms with van der Waals surface area (Å²) in [6.45, 7) is 0.210. The third-order valence-electron chi connectivity index (χ3n) is 1.23. The van der Waals surface area contributed by atoms with E-state index in [0.29, 0.717) is 4.43 Å². The first-order valence-electron chi connectivity index (χ1n) is 3.13. The summed E-state index contributed by atoms with van der Waals surface area (Å²) in [6, 6.07) is 0. The molecule has 1 rings (SSSR count). The van der Waals surface area contributed by atoms with Crippen LogP contribution in [0.3, 0.4) is 0 Å². The number of rotatable bonds is 2. The lowest BCUT2D eigenvalue weighted by atomic mass is 10.3. The van der Waals surface area contributed by atoms with Gasteiger partial charge in [0.05, 0.1) is 10.8 Å². The van der Waals surface area contributed by atoms with E-state index >= 15 is 0 Å². The van der Waals surface area contributed by atoms with Crippen molar-refractivity contribution in [3.63, 3.8) is 0 Å². The molecule has 0 amide bonds. The van der Waals surface area contributed by atoms with E-state index < -0.39 is 0 Å². The Morgan fingerprint density at radius 1 is 1.82 bits per heavy atom. The predicted octanol–water partition coefficient (Wildman–Crippen LogP) is 0.280. The summed E-state index contributed by atoms with van der Waals surface area (Å²) in [7, 11) is 0. The third kappa shape index (κ3) is 2.64. The molecule has 1 aliphatic heterocycles. The van der Waals surface area contributed by atoms with Crippen LogP contribution in [0.25, 0.3) is 0 Å². The van der Waals surface area contributed by atoms with Gasteiger partial charge in [0.15, 0.2) is 0 Å². The number of hydrogen-bond donors (Lipinski definition) is 0. The monoisotopic (exact) mass is 270 g/mol. The van der Waals surface area contributed by atoms with Crippen molar-refractivity contribution in [2.75, 3.05) is 11.0 Å². The summed E-state index contributed by atoms with van der Waals surface area (Å²) in [5.74, 6) is -0.592. The van der Waals surface area contributed by atoms with Gasteiger partial charge in [-0.1, -0.05) is 22.6 Å². The highest BCUT2D eigenvalue weighted by molar-refractivity contribution is 14.1. The van der Waals surface area contributed by atoms with Crippen LogP contribution in [0.15, 0.2) is 0 Å². The molecule has 0 aromatic carbocycles.